The molecule has 1 unspecified atom stereocenters. The van der Waals surface area contributed by atoms with Crippen molar-refractivity contribution in [2.75, 3.05) is 20.8 Å². The molecule has 180 valence electrons. The van der Waals surface area contributed by atoms with E-state index in [1.807, 2.05) is 38.1 Å². The van der Waals surface area contributed by atoms with Gasteiger partial charge >= 0.3 is 0 Å². The highest BCUT2D eigenvalue weighted by Gasteiger charge is 2.23. The lowest BCUT2D eigenvalue weighted by Crippen LogP contribution is -2.38. The maximum absolute atomic E-state index is 13.8. The lowest BCUT2D eigenvalue weighted by molar-refractivity contribution is -0.127. The predicted molar refractivity (Wildman–Crippen MR) is 136 cm³/mol. The molecule has 1 amide bonds. The number of hydrogen-bond donors (Lipinski definition) is 1. The van der Waals surface area contributed by atoms with Gasteiger partial charge in [-0.25, -0.2) is 0 Å². The summed E-state index contributed by atoms with van der Waals surface area (Å²) in [6, 6.07) is 11.0. The highest BCUT2D eigenvalue weighted by molar-refractivity contribution is 6.19. The molecule has 5 rings (SSSR count). The summed E-state index contributed by atoms with van der Waals surface area (Å²) >= 11 is 0. The van der Waals surface area contributed by atoms with Gasteiger partial charge in [-0.1, -0.05) is 13.8 Å². The van der Waals surface area contributed by atoms with Crippen molar-refractivity contribution >= 4 is 44.0 Å². The van der Waals surface area contributed by atoms with E-state index in [9.17, 15) is 9.59 Å². The smallest absolute Gasteiger partial charge is 0.267 e. The SMILES string of the molecule is COc1ccc2c(c1OC)c(=O)n1c3ccc(OC(C)C(=O)NCC(C)C)cc3c3ccnc2c31. The number of hydrogen-bond acceptors (Lipinski definition) is 6. The summed E-state index contributed by atoms with van der Waals surface area (Å²) in [5.41, 5.74) is 1.93. The van der Waals surface area contributed by atoms with E-state index in [4.69, 9.17) is 14.2 Å². The van der Waals surface area contributed by atoms with Crippen LogP contribution in [0.4, 0.5) is 0 Å². The number of fused-ring (bicyclic) bond motifs is 5. The summed E-state index contributed by atoms with van der Waals surface area (Å²) in [5.74, 6) is 1.59. The monoisotopic (exact) mass is 473 g/mol. The maximum Gasteiger partial charge on any atom is 0.267 e. The fraction of sp³-hybridized carbons (Fsp3) is 0.296. The first-order chi connectivity index (χ1) is 16.8. The number of carbonyl (C=O) groups excluding carboxylic acids is 1. The minimum Gasteiger partial charge on any atom is -0.493 e. The Labute approximate surface area is 201 Å². The van der Waals surface area contributed by atoms with Gasteiger partial charge in [0.25, 0.3) is 11.5 Å². The molecule has 35 heavy (non-hydrogen) atoms. The van der Waals surface area contributed by atoms with Crippen molar-refractivity contribution in [1.29, 1.82) is 0 Å². The highest BCUT2D eigenvalue weighted by Crippen LogP contribution is 2.39. The zero-order chi connectivity index (χ0) is 24.9. The first kappa shape index (κ1) is 22.7. The molecular formula is C27H27N3O5. The van der Waals surface area contributed by atoms with Crippen molar-refractivity contribution < 1.29 is 19.0 Å². The van der Waals surface area contributed by atoms with Crippen LogP contribution < -0.4 is 25.1 Å². The van der Waals surface area contributed by atoms with Gasteiger partial charge in [0.2, 0.25) is 0 Å². The van der Waals surface area contributed by atoms with E-state index < -0.39 is 6.10 Å². The summed E-state index contributed by atoms with van der Waals surface area (Å²) < 4.78 is 18.6. The van der Waals surface area contributed by atoms with Crippen LogP contribution >= 0.6 is 0 Å². The molecule has 0 aliphatic heterocycles. The highest BCUT2D eigenvalue weighted by atomic mass is 16.5. The first-order valence-electron chi connectivity index (χ1n) is 11.5. The second-order valence-electron chi connectivity index (χ2n) is 9.00. The largest absolute Gasteiger partial charge is 0.493 e. The number of aromatic nitrogens is 2. The van der Waals surface area contributed by atoms with Crippen molar-refractivity contribution in [3.05, 3.63) is 52.9 Å². The van der Waals surface area contributed by atoms with Crippen molar-refractivity contribution in [2.24, 2.45) is 5.92 Å². The molecule has 0 fully saturated rings. The van der Waals surface area contributed by atoms with Crippen LogP contribution in [-0.2, 0) is 4.79 Å². The Morgan fingerprint density at radius 3 is 2.54 bits per heavy atom. The molecule has 0 saturated carbocycles. The number of methoxy groups -OCH3 is 2. The third-order valence-corrected chi connectivity index (χ3v) is 6.23. The third kappa shape index (κ3) is 3.56. The normalized spacial score (nSPS) is 12.6. The van der Waals surface area contributed by atoms with E-state index >= 15 is 0 Å². The maximum atomic E-state index is 13.8. The van der Waals surface area contributed by atoms with Crippen molar-refractivity contribution in [3.8, 4) is 17.2 Å². The summed E-state index contributed by atoms with van der Waals surface area (Å²) in [6.45, 7) is 6.39. The van der Waals surface area contributed by atoms with Gasteiger partial charge in [-0.3, -0.25) is 19.0 Å². The van der Waals surface area contributed by atoms with Crippen LogP contribution in [0.2, 0.25) is 0 Å². The minimum absolute atomic E-state index is 0.169. The summed E-state index contributed by atoms with van der Waals surface area (Å²) in [5, 5.41) is 5.71. The van der Waals surface area contributed by atoms with Crippen molar-refractivity contribution in [1.82, 2.24) is 14.7 Å². The molecule has 1 N–H and O–H groups in total. The van der Waals surface area contributed by atoms with Gasteiger partial charge in [-0.15, -0.1) is 0 Å². The zero-order valence-corrected chi connectivity index (χ0v) is 20.3. The van der Waals surface area contributed by atoms with Gasteiger partial charge in [-0.05, 0) is 49.2 Å². The third-order valence-electron chi connectivity index (χ3n) is 6.23. The number of carbonyl (C=O) groups is 1. The molecular weight excluding hydrogens is 446 g/mol. The molecule has 0 bridgehead atoms. The van der Waals surface area contributed by atoms with E-state index in [-0.39, 0.29) is 11.5 Å². The Kier molecular flexibility index (Phi) is 5.59. The quantitative estimate of drug-likeness (QED) is 0.357. The number of nitrogens with one attached hydrogen (secondary N) is 1. The molecule has 1 atom stereocenters. The predicted octanol–water partition coefficient (Wildman–Crippen LogP) is 4.15. The Bertz CT molecular complexity index is 1640. The van der Waals surface area contributed by atoms with Crippen molar-refractivity contribution in [2.45, 2.75) is 26.9 Å². The number of amides is 1. The van der Waals surface area contributed by atoms with E-state index in [1.165, 1.54) is 7.11 Å². The average Bonchev–Trinajstić information content (AvgIpc) is 3.19. The molecule has 3 heterocycles. The van der Waals surface area contributed by atoms with Crippen LogP contribution in [0.5, 0.6) is 17.2 Å². The molecule has 0 aliphatic carbocycles. The summed E-state index contributed by atoms with van der Waals surface area (Å²) in [4.78, 5) is 30.8. The molecule has 5 aromatic rings. The van der Waals surface area contributed by atoms with Crippen LogP contribution in [0.3, 0.4) is 0 Å². The van der Waals surface area contributed by atoms with Gasteiger partial charge in [0.1, 0.15) is 5.75 Å². The molecule has 0 aliphatic rings. The lowest BCUT2D eigenvalue weighted by atomic mass is 10.1. The standard InChI is InChI=1S/C27H27N3O5/c1-14(2)13-29-26(31)15(3)35-16-6-8-20-19(12-16)17-10-11-28-23-18-7-9-21(33-4)25(34-5)22(18)27(32)30(20)24(17)23/h6-12,14-15H,13H2,1-5H3,(H,29,31). The van der Waals surface area contributed by atoms with Gasteiger partial charge in [0, 0.05) is 28.9 Å². The van der Waals surface area contributed by atoms with E-state index in [0.717, 1.165) is 21.8 Å². The van der Waals surface area contributed by atoms with Gasteiger partial charge in [0.05, 0.1) is 36.2 Å². The second-order valence-corrected chi connectivity index (χ2v) is 9.00. The Morgan fingerprint density at radius 1 is 1.03 bits per heavy atom. The fourth-order valence-electron chi connectivity index (χ4n) is 4.58. The Hall–Kier alpha value is -4.07. The Morgan fingerprint density at radius 2 is 1.83 bits per heavy atom. The average molecular weight is 474 g/mol. The van der Waals surface area contributed by atoms with E-state index in [0.29, 0.717) is 46.0 Å². The minimum atomic E-state index is -0.657. The molecule has 2 aromatic carbocycles. The molecule has 3 aromatic heterocycles. The number of rotatable bonds is 7. The van der Waals surface area contributed by atoms with Crippen LogP contribution in [0.15, 0.2) is 47.4 Å². The topological polar surface area (TPSA) is 91.2 Å². The van der Waals surface area contributed by atoms with Gasteiger partial charge in [-0.2, -0.15) is 0 Å². The molecule has 8 nitrogen and oxygen atoms in total. The molecule has 8 heteroatoms. The number of benzene rings is 2. The Balaban J connectivity index is 1.71. The van der Waals surface area contributed by atoms with Crippen molar-refractivity contribution in [3.63, 3.8) is 0 Å². The van der Waals surface area contributed by atoms with Crippen LogP contribution in [0, 0.1) is 5.92 Å². The molecule has 0 spiro atoms. The van der Waals surface area contributed by atoms with Crippen LogP contribution in [0.1, 0.15) is 20.8 Å². The van der Waals surface area contributed by atoms with E-state index in [1.54, 1.807) is 36.8 Å². The number of pyridine rings is 2. The number of nitrogens with zero attached hydrogens (tertiary/aromatic N) is 2. The van der Waals surface area contributed by atoms with Gasteiger partial charge in [0.15, 0.2) is 17.6 Å². The first-order valence-corrected chi connectivity index (χ1v) is 11.5. The molecule has 0 radical (unpaired) electrons. The van der Waals surface area contributed by atoms with E-state index in [2.05, 4.69) is 10.3 Å². The van der Waals surface area contributed by atoms with Crippen LogP contribution in [-0.4, -0.2) is 42.2 Å². The van der Waals surface area contributed by atoms with Gasteiger partial charge < -0.3 is 19.5 Å². The summed E-state index contributed by atoms with van der Waals surface area (Å²) in [7, 11) is 3.06. The zero-order valence-electron chi connectivity index (χ0n) is 20.3. The summed E-state index contributed by atoms with van der Waals surface area (Å²) in [6.07, 6.45) is 1.07. The fourth-order valence-corrected chi connectivity index (χ4v) is 4.58. The second kappa shape index (κ2) is 8.61. The van der Waals surface area contributed by atoms with Crippen LogP contribution in [0.25, 0.3) is 38.1 Å². The lowest BCUT2D eigenvalue weighted by Gasteiger charge is -2.15. The number of ether oxygens (including phenoxy) is 3. The molecule has 0 saturated heterocycles.